The number of hydrogen-bond donors (Lipinski definition) is 2. The molecule has 2 aromatic rings. The Balaban J connectivity index is 1.77. The Labute approximate surface area is 150 Å². The Morgan fingerprint density at radius 2 is 1.92 bits per heavy atom. The van der Waals surface area contributed by atoms with E-state index in [9.17, 15) is 9.59 Å². The number of hydrogen-bond acceptors (Lipinski definition) is 5. The summed E-state index contributed by atoms with van der Waals surface area (Å²) >= 11 is 1.52. The van der Waals surface area contributed by atoms with Crippen molar-refractivity contribution in [2.24, 2.45) is 5.10 Å². The molecule has 2 amide bonds. The highest BCUT2D eigenvalue weighted by Crippen LogP contribution is 2.15. The van der Waals surface area contributed by atoms with Crippen LogP contribution in [0.2, 0.25) is 0 Å². The number of hydrazone groups is 1. The molecule has 0 radical (unpaired) electrons. The number of nitrogens with one attached hydrogen (secondary N) is 2. The summed E-state index contributed by atoms with van der Waals surface area (Å²) in [6.45, 7) is 4.21. The third-order valence-corrected chi connectivity index (χ3v) is 4.03. The zero-order valence-electron chi connectivity index (χ0n) is 14.2. The van der Waals surface area contributed by atoms with Crippen LogP contribution in [0, 0.1) is 0 Å². The average Bonchev–Trinajstić information content (AvgIpc) is 3.08. The van der Waals surface area contributed by atoms with Crippen molar-refractivity contribution >= 4 is 34.6 Å². The number of nitrogens with zero attached hydrogens (tertiary/aromatic N) is 1. The number of rotatable bonds is 8. The molecule has 6 nitrogen and oxygen atoms in total. The molecule has 7 heteroatoms. The van der Waals surface area contributed by atoms with Crippen molar-refractivity contribution in [3.8, 4) is 5.75 Å². The van der Waals surface area contributed by atoms with Gasteiger partial charge in [0.1, 0.15) is 5.75 Å². The van der Waals surface area contributed by atoms with E-state index in [4.69, 9.17) is 4.74 Å². The van der Waals surface area contributed by atoms with Crippen molar-refractivity contribution in [1.82, 2.24) is 5.43 Å². The molecule has 0 aliphatic heterocycles. The van der Waals surface area contributed by atoms with Crippen LogP contribution in [0.15, 0.2) is 46.9 Å². The molecular weight excluding hydrogens is 338 g/mol. The molecule has 0 aliphatic carbocycles. The quantitative estimate of drug-likeness (QED) is 0.561. The van der Waals surface area contributed by atoms with Gasteiger partial charge in [-0.25, -0.2) is 5.43 Å². The number of ether oxygens (including phenoxy) is 1. The molecule has 2 rings (SSSR count). The van der Waals surface area contributed by atoms with Crippen molar-refractivity contribution in [3.63, 3.8) is 0 Å². The molecule has 0 aliphatic rings. The minimum Gasteiger partial charge on any atom is -0.494 e. The van der Waals surface area contributed by atoms with Crippen LogP contribution in [0.1, 0.15) is 25.1 Å². The molecule has 1 aromatic heterocycles. The van der Waals surface area contributed by atoms with Crippen LogP contribution >= 0.6 is 11.3 Å². The Kier molecular flexibility index (Phi) is 7.16. The topological polar surface area (TPSA) is 79.8 Å². The molecule has 132 valence electrons. The summed E-state index contributed by atoms with van der Waals surface area (Å²) in [5.41, 5.74) is 3.68. The van der Waals surface area contributed by atoms with Gasteiger partial charge in [-0.2, -0.15) is 5.10 Å². The van der Waals surface area contributed by atoms with Gasteiger partial charge in [0.25, 0.3) is 0 Å². The highest BCUT2D eigenvalue weighted by atomic mass is 32.1. The number of benzene rings is 1. The maximum absolute atomic E-state index is 12.0. The predicted octanol–water partition coefficient (Wildman–Crippen LogP) is 3.21. The predicted molar refractivity (Wildman–Crippen MR) is 100 cm³/mol. The molecule has 25 heavy (non-hydrogen) atoms. The molecule has 0 fully saturated rings. The standard InChI is InChI=1S/C18H21N3O3S/c1-3-24-15-8-6-14(7-9-15)19-17(22)11-13(2)20-21-18(23)12-16-5-4-10-25-16/h4-10H,3,11-12H2,1-2H3,(H,19,22)(H,21,23)/b20-13-. The molecule has 1 heterocycles. The Morgan fingerprint density at radius 3 is 2.56 bits per heavy atom. The van der Waals surface area contributed by atoms with Gasteiger partial charge < -0.3 is 10.1 Å². The number of carbonyl (C=O) groups is 2. The first-order valence-electron chi connectivity index (χ1n) is 7.94. The highest BCUT2D eigenvalue weighted by molar-refractivity contribution is 7.10. The van der Waals surface area contributed by atoms with Crippen LogP contribution in [-0.4, -0.2) is 24.1 Å². The number of amides is 2. The summed E-state index contributed by atoms with van der Waals surface area (Å²) in [6.07, 6.45) is 0.388. The van der Waals surface area contributed by atoms with Crippen LogP contribution in [-0.2, 0) is 16.0 Å². The molecular formula is C18H21N3O3S. The Bertz CT molecular complexity index is 725. The maximum Gasteiger partial charge on any atom is 0.245 e. The van der Waals surface area contributed by atoms with Gasteiger partial charge in [0.15, 0.2) is 0 Å². The second-order valence-corrected chi connectivity index (χ2v) is 6.35. The molecule has 0 saturated heterocycles. The smallest absolute Gasteiger partial charge is 0.245 e. The third-order valence-electron chi connectivity index (χ3n) is 3.15. The minimum atomic E-state index is -0.200. The molecule has 0 atom stereocenters. The summed E-state index contributed by atoms with van der Waals surface area (Å²) in [5, 5.41) is 8.66. The summed E-state index contributed by atoms with van der Waals surface area (Å²) in [6, 6.07) is 10.9. The Hall–Kier alpha value is -2.67. The second kappa shape index (κ2) is 9.58. The van der Waals surface area contributed by atoms with Crippen molar-refractivity contribution < 1.29 is 14.3 Å². The lowest BCUT2D eigenvalue weighted by Crippen LogP contribution is -2.22. The normalized spacial score (nSPS) is 11.0. The van der Waals surface area contributed by atoms with Gasteiger partial charge in [0.2, 0.25) is 11.8 Å². The first-order valence-corrected chi connectivity index (χ1v) is 8.82. The van der Waals surface area contributed by atoms with Gasteiger partial charge in [-0.15, -0.1) is 11.3 Å². The monoisotopic (exact) mass is 359 g/mol. The summed E-state index contributed by atoms with van der Waals surface area (Å²) in [4.78, 5) is 24.7. The second-order valence-electron chi connectivity index (χ2n) is 5.32. The highest BCUT2D eigenvalue weighted by Gasteiger charge is 2.07. The van der Waals surface area contributed by atoms with E-state index in [2.05, 4.69) is 15.8 Å². The summed E-state index contributed by atoms with van der Waals surface area (Å²) in [5.74, 6) is 0.360. The van der Waals surface area contributed by atoms with E-state index in [-0.39, 0.29) is 24.7 Å². The van der Waals surface area contributed by atoms with E-state index in [1.807, 2.05) is 24.4 Å². The van der Waals surface area contributed by atoms with E-state index in [0.717, 1.165) is 10.6 Å². The Morgan fingerprint density at radius 1 is 1.16 bits per heavy atom. The fourth-order valence-electron chi connectivity index (χ4n) is 2.05. The van der Waals surface area contributed by atoms with Gasteiger partial charge in [-0.1, -0.05) is 6.07 Å². The van der Waals surface area contributed by atoms with Gasteiger partial charge in [-0.3, -0.25) is 9.59 Å². The zero-order valence-corrected chi connectivity index (χ0v) is 15.1. The van der Waals surface area contributed by atoms with E-state index >= 15 is 0 Å². The fourth-order valence-corrected chi connectivity index (χ4v) is 2.75. The van der Waals surface area contributed by atoms with Gasteiger partial charge in [-0.05, 0) is 49.6 Å². The lowest BCUT2D eigenvalue weighted by molar-refractivity contribution is -0.120. The minimum absolute atomic E-state index is 0.104. The average molecular weight is 359 g/mol. The number of anilines is 1. The van der Waals surface area contributed by atoms with Crippen LogP contribution < -0.4 is 15.5 Å². The van der Waals surface area contributed by atoms with Gasteiger partial charge in [0, 0.05) is 16.3 Å². The lowest BCUT2D eigenvalue weighted by Gasteiger charge is -2.07. The SMILES string of the molecule is CCOc1ccc(NC(=O)C/C(C)=N\NC(=O)Cc2cccs2)cc1. The summed E-state index contributed by atoms with van der Waals surface area (Å²) in [7, 11) is 0. The van der Waals surface area contributed by atoms with E-state index in [1.165, 1.54) is 11.3 Å². The first-order chi connectivity index (χ1) is 12.1. The van der Waals surface area contributed by atoms with E-state index in [1.54, 1.807) is 31.2 Å². The molecule has 0 unspecified atom stereocenters. The van der Waals surface area contributed by atoms with Crippen molar-refractivity contribution in [2.45, 2.75) is 26.7 Å². The van der Waals surface area contributed by atoms with Gasteiger partial charge >= 0.3 is 0 Å². The van der Waals surface area contributed by atoms with Gasteiger partial charge in [0.05, 0.1) is 19.4 Å². The van der Waals surface area contributed by atoms with Crippen LogP contribution in [0.25, 0.3) is 0 Å². The maximum atomic E-state index is 12.0. The largest absolute Gasteiger partial charge is 0.494 e. The van der Waals surface area contributed by atoms with E-state index < -0.39 is 0 Å². The third kappa shape index (κ3) is 6.76. The molecule has 0 saturated carbocycles. The number of thiophene rings is 1. The van der Waals surface area contributed by atoms with Crippen LogP contribution in [0.4, 0.5) is 5.69 Å². The lowest BCUT2D eigenvalue weighted by atomic mass is 10.2. The zero-order chi connectivity index (χ0) is 18.1. The van der Waals surface area contributed by atoms with Crippen LogP contribution in [0.5, 0.6) is 5.75 Å². The first kappa shape index (κ1) is 18.7. The molecule has 1 aromatic carbocycles. The molecule has 0 bridgehead atoms. The fraction of sp³-hybridized carbons (Fsp3) is 0.278. The van der Waals surface area contributed by atoms with Crippen molar-refractivity contribution in [2.75, 3.05) is 11.9 Å². The molecule has 0 spiro atoms. The molecule has 2 N–H and O–H groups in total. The van der Waals surface area contributed by atoms with Crippen LogP contribution in [0.3, 0.4) is 0 Å². The number of carbonyl (C=O) groups excluding carboxylic acids is 2. The summed E-state index contributed by atoms with van der Waals surface area (Å²) < 4.78 is 5.35. The van der Waals surface area contributed by atoms with E-state index in [0.29, 0.717) is 18.0 Å². The van der Waals surface area contributed by atoms with Crippen molar-refractivity contribution in [1.29, 1.82) is 0 Å². The van der Waals surface area contributed by atoms with Crippen molar-refractivity contribution in [3.05, 3.63) is 46.7 Å².